The van der Waals surface area contributed by atoms with E-state index < -0.39 is 0 Å². The van der Waals surface area contributed by atoms with Crippen molar-refractivity contribution in [2.45, 2.75) is 47.5 Å². The molecule has 0 aliphatic rings. The lowest BCUT2D eigenvalue weighted by molar-refractivity contribution is 0.259. The maximum Gasteiger partial charge on any atom is 0.203 e. The number of hydrogen-bond donors (Lipinski definition) is 0. The summed E-state index contributed by atoms with van der Waals surface area (Å²) in [4.78, 5) is 0. The first-order valence-electron chi connectivity index (χ1n) is 8.20. The maximum atomic E-state index is 5.86. The average Bonchev–Trinajstić information content (AvgIpc) is 2.51. The summed E-state index contributed by atoms with van der Waals surface area (Å²) in [5.41, 5.74) is 1.12. The van der Waals surface area contributed by atoms with Crippen LogP contribution in [0.1, 0.15) is 46.6 Å². The van der Waals surface area contributed by atoms with Crippen LogP contribution in [-0.2, 0) is 6.42 Å². The third-order valence-corrected chi connectivity index (χ3v) is 3.09. The molecule has 1 unspecified atom stereocenters. The van der Waals surface area contributed by atoms with Gasteiger partial charge in [0.05, 0.1) is 19.8 Å². The second-order valence-electron chi connectivity index (χ2n) is 4.96. The Labute approximate surface area is 135 Å². The van der Waals surface area contributed by atoms with Crippen LogP contribution in [0.15, 0.2) is 12.1 Å². The average molecular weight is 304 g/mol. The molecule has 0 N–H and O–H groups in total. The van der Waals surface area contributed by atoms with Gasteiger partial charge < -0.3 is 14.2 Å². The first-order chi connectivity index (χ1) is 10.7. The summed E-state index contributed by atoms with van der Waals surface area (Å²) in [5, 5.41) is 0. The van der Waals surface area contributed by atoms with Crippen LogP contribution in [-0.4, -0.2) is 19.8 Å². The molecule has 0 bridgehead atoms. The molecule has 22 heavy (non-hydrogen) atoms. The highest BCUT2D eigenvalue weighted by Gasteiger charge is 2.18. The Balaban J connectivity index is 3.17. The molecule has 0 fully saturated rings. The highest BCUT2D eigenvalue weighted by atomic mass is 16.5. The van der Waals surface area contributed by atoms with E-state index in [1.165, 1.54) is 0 Å². The molecule has 1 aromatic rings. The van der Waals surface area contributed by atoms with Gasteiger partial charge in [0.2, 0.25) is 5.75 Å². The van der Waals surface area contributed by atoms with Gasteiger partial charge in [-0.1, -0.05) is 25.8 Å². The van der Waals surface area contributed by atoms with Gasteiger partial charge in [0.1, 0.15) is 0 Å². The quantitative estimate of drug-likeness (QED) is 0.663. The SMILES string of the molecule is CCC#CC(C)Cc1ccc(OCC)c(OCC)c1OCC. The molecule has 0 saturated heterocycles. The van der Waals surface area contributed by atoms with Crippen molar-refractivity contribution >= 4 is 0 Å². The molecular formula is C19H28O3. The third-order valence-electron chi connectivity index (χ3n) is 3.09. The fraction of sp³-hybridized carbons (Fsp3) is 0.579. The van der Waals surface area contributed by atoms with Gasteiger partial charge in [-0.2, -0.15) is 0 Å². The molecule has 0 amide bonds. The van der Waals surface area contributed by atoms with Crippen molar-refractivity contribution in [2.75, 3.05) is 19.8 Å². The molecule has 1 aromatic carbocycles. The standard InChI is InChI=1S/C19H28O3/c1-6-10-11-15(5)14-16-12-13-17(20-7-2)19(22-9-4)18(16)21-8-3/h12-13,15H,6-9,14H2,1-5H3. The van der Waals surface area contributed by atoms with Crippen LogP contribution in [0.4, 0.5) is 0 Å². The second kappa shape index (κ2) is 10.00. The van der Waals surface area contributed by atoms with Crippen molar-refractivity contribution in [3.05, 3.63) is 17.7 Å². The Hall–Kier alpha value is -1.82. The molecule has 1 rings (SSSR count). The molecule has 3 heteroatoms. The van der Waals surface area contributed by atoms with Crippen molar-refractivity contribution in [3.8, 4) is 29.1 Å². The van der Waals surface area contributed by atoms with E-state index in [0.717, 1.165) is 29.9 Å². The third kappa shape index (κ3) is 5.18. The molecule has 3 nitrogen and oxygen atoms in total. The van der Waals surface area contributed by atoms with Crippen LogP contribution in [0.2, 0.25) is 0 Å². The first-order valence-corrected chi connectivity index (χ1v) is 8.20. The number of benzene rings is 1. The molecule has 0 aliphatic heterocycles. The molecule has 0 saturated carbocycles. The predicted octanol–water partition coefficient (Wildman–Crippen LogP) is 4.47. The van der Waals surface area contributed by atoms with E-state index in [9.17, 15) is 0 Å². The lowest BCUT2D eigenvalue weighted by atomic mass is 10.00. The number of ether oxygens (including phenoxy) is 3. The zero-order valence-corrected chi connectivity index (χ0v) is 14.5. The molecule has 1 atom stereocenters. The van der Waals surface area contributed by atoms with Crippen LogP contribution in [0.3, 0.4) is 0 Å². The van der Waals surface area contributed by atoms with E-state index in [2.05, 4.69) is 31.8 Å². The fourth-order valence-corrected chi connectivity index (χ4v) is 2.26. The summed E-state index contributed by atoms with van der Waals surface area (Å²) in [6.45, 7) is 11.9. The predicted molar refractivity (Wildman–Crippen MR) is 90.9 cm³/mol. The largest absolute Gasteiger partial charge is 0.490 e. The minimum Gasteiger partial charge on any atom is -0.490 e. The van der Waals surface area contributed by atoms with E-state index in [1.807, 2.05) is 26.8 Å². The molecule has 122 valence electrons. The van der Waals surface area contributed by atoms with Gasteiger partial charge in [0, 0.05) is 12.3 Å². The van der Waals surface area contributed by atoms with Crippen molar-refractivity contribution in [1.29, 1.82) is 0 Å². The molecule has 0 aromatic heterocycles. The van der Waals surface area contributed by atoms with Crippen LogP contribution in [0.5, 0.6) is 17.2 Å². The molecule has 0 heterocycles. The zero-order chi connectivity index (χ0) is 16.4. The van der Waals surface area contributed by atoms with Crippen LogP contribution in [0.25, 0.3) is 0 Å². The van der Waals surface area contributed by atoms with Crippen LogP contribution < -0.4 is 14.2 Å². The Morgan fingerprint density at radius 2 is 1.55 bits per heavy atom. The van der Waals surface area contributed by atoms with Crippen molar-refractivity contribution in [1.82, 2.24) is 0 Å². The smallest absolute Gasteiger partial charge is 0.203 e. The second-order valence-corrected chi connectivity index (χ2v) is 4.96. The zero-order valence-electron chi connectivity index (χ0n) is 14.5. The summed E-state index contributed by atoms with van der Waals surface area (Å²) >= 11 is 0. The Morgan fingerprint density at radius 3 is 2.14 bits per heavy atom. The Morgan fingerprint density at radius 1 is 0.909 bits per heavy atom. The Bertz CT molecular complexity index is 511. The van der Waals surface area contributed by atoms with Gasteiger partial charge >= 0.3 is 0 Å². The summed E-state index contributed by atoms with van der Waals surface area (Å²) in [5.74, 6) is 8.93. The minimum absolute atomic E-state index is 0.284. The molecular weight excluding hydrogens is 276 g/mol. The van der Waals surface area contributed by atoms with Gasteiger partial charge in [0.15, 0.2) is 11.5 Å². The minimum atomic E-state index is 0.284. The summed E-state index contributed by atoms with van der Waals surface area (Å²) in [6.07, 6.45) is 1.73. The summed E-state index contributed by atoms with van der Waals surface area (Å²) < 4.78 is 17.3. The molecule has 0 aliphatic carbocycles. The Kier molecular flexibility index (Phi) is 8.28. The van der Waals surface area contributed by atoms with Crippen molar-refractivity contribution in [3.63, 3.8) is 0 Å². The van der Waals surface area contributed by atoms with Gasteiger partial charge in [0.25, 0.3) is 0 Å². The van der Waals surface area contributed by atoms with Gasteiger partial charge in [-0.05, 0) is 38.8 Å². The molecule has 0 spiro atoms. The van der Waals surface area contributed by atoms with Crippen molar-refractivity contribution in [2.24, 2.45) is 5.92 Å². The first kappa shape index (κ1) is 18.2. The van der Waals surface area contributed by atoms with Crippen molar-refractivity contribution < 1.29 is 14.2 Å². The van der Waals surface area contributed by atoms with Gasteiger partial charge in [-0.3, -0.25) is 0 Å². The highest BCUT2D eigenvalue weighted by molar-refractivity contribution is 5.56. The van der Waals surface area contributed by atoms with E-state index in [-0.39, 0.29) is 5.92 Å². The lowest BCUT2D eigenvalue weighted by Gasteiger charge is -2.19. The number of hydrogen-bond acceptors (Lipinski definition) is 3. The summed E-state index contributed by atoms with van der Waals surface area (Å²) in [6, 6.07) is 4.02. The van der Waals surface area contributed by atoms with Gasteiger partial charge in [-0.25, -0.2) is 0 Å². The van der Waals surface area contributed by atoms with E-state index in [0.29, 0.717) is 25.6 Å². The highest BCUT2D eigenvalue weighted by Crippen LogP contribution is 2.41. The summed E-state index contributed by atoms with van der Waals surface area (Å²) in [7, 11) is 0. The van der Waals surface area contributed by atoms with E-state index in [1.54, 1.807) is 0 Å². The monoisotopic (exact) mass is 304 g/mol. The van der Waals surface area contributed by atoms with E-state index >= 15 is 0 Å². The lowest BCUT2D eigenvalue weighted by Crippen LogP contribution is -2.06. The fourth-order valence-electron chi connectivity index (χ4n) is 2.26. The van der Waals surface area contributed by atoms with Gasteiger partial charge in [-0.15, -0.1) is 5.92 Å². The molecule has 0 radical (unpaired) electrons. The normalized spacial score (nSPS) is 11.3. The topological polar surface area (TPSA) is 27.7 Å². The number of rotatable bonds is 8. The maximum absolute atomic E-state index is 5.86. The van der Waals surface area contributed by atoms with Crippen LogP contribution >= 0.6 is 0 Å². The van der Waals surface area contributed by atoms with Crippen LogP contribution in [0, 0.1) is 17.8 Å². The van der Waals surface area contributed by atoms with E-state index in [4.69, 9.17) is 14.2 Å².